The summed E-state index contributed by atoms with van der Waals surface area (Å²) in [5.41, 5.74) is 3.61. The van der Waals surface area contributed by atoms with Crippen molar-refractivity contribution in [3.8, 4) is 5.75 Å². The van der Waals surface area contributed by atoms with Crippen molar-refractivity contribution in [3.05, 3.63) is 28.8 Å². The van der Waals surface area contributed by atoms with Gasteiger partial charge in [0.2, 0.25) is 0 Å². The van der Waals surface area contributed by atoms with Crippen LogP contribution in [0.2, 0.25) is 0 Å². The van der Waals surface area contributed by atoms with Gasteiger partial charge in [0.15, 0.2) is 0 Å². The molecule has 1 atom stereocenters. The van der Waals surface area contributed by atoms with E-state index in [-0.39, 0.29) is 0 Å². The Hall–Kier alpha value is -1.06. The maximum Gasteiger partial charge on any atom is 0.122 e. The molecule has 0 radical (unpaired) electrons. The fourth-order valence-electron chi connectivity index (χ4n) is 2.83. The fourth-order valence-corrected chi connectivity index (χ4v) is 2.83. The second-order valence-corrected chi connectivity index (χ2v) is 6.03. The molecule has 20 heavy (non-hydrogen) atoms. The number of aliphatic hydroxyl groups is 1. The van der Waals surface area contributed by atoms with E-state index in [0.717, 1.165) is 25.4 Å². The zero-order valence-corrected chi connectivity index (χ0v) is 13.0. The Balaban J connectivity index is 1.85. The largest absolute Gasteiger partial charge is 0.491 e. The van der Waals surface area contributed by atoms with Crippen LogP contribution in [0.15, 0.2) is 12.1 Å². The van der Waals surface area contributed by atoms with Crippen molar-refractivity contribution in [2.24, 2.45) is 0 Å². The average Bonchev–Trinajstić information content (AvgIpc) is 2.42. The second kappa shape index (κ2) is 7.09. The molecular weight excluding hydrogens is 250 g/mol. The molecule has 0 aromatic heterocycles. The number of piperidine rings is 1. The Morgan fingerprint density at radius 2 is 1.85 bits per heavy atom. The summed E-state index contributed by atoms with van der Waals surface area (Å²) in [4.78, 5) is 2.34. The van der Waals surface area contributed by atoms with Crippen LogP contribution in [0.4, 0.5) is 0 Å². The number of hydrogen-bond donors (Lipinski definition) is 1. The molecule has 0 spiro atoms. The first-order valence-corrected chi connectivity index (χ1v) is 7.67. The number of hydrogen-bond acceptors (Lipinski definition) is 3. The van der Waals surface area contributed by atoms with E-state index in [2.05, 4.69) is 37.8 Å². The fraction of sp³-hybridized carbons (Fsp3) is 0.647. The lowest BCUT2D eigenvalue weighted by atomic mass is 10.1. The third-order valence-corrected chi connectivity index (χ3v) is 4.11. The number of aliphatic hydroxyl groups excluding tert-OH is 1. The van der Waals surface area contributed by atoms with Crippen LogP contribution in [-0.4, -0.2) is 42.4 Å². The number of ether oxygens (including phenoxy) is 1. The van der Waals surface area contributed by atoms with Crippen LogP contribution in [0.25, 0.3) is 0 Å². The van der Waals surface area contributed by atoms with Crippen molar-refractivity contribution < 1.29 is 9.84 Å². The Labute approximate surface area is 122 Å². The van der Waals surface area contributed by atoms with Crippen LogP contribution in [0, 0.1) is 20.8 Å². The Kier molecular flexibility index (Phi) is 5.44. The first-order chi connectivity index (χ1) is 9.56. The van der Waals surface area contributed by atoms with Crippen LogP contribution in [0.1, 0.15) is 36.0 Å². The smallest absolute Gasteiger partial charge is 0.122 e. The minimum atomic E-state index is -0.409. The molecule has 3 heteroatoms. The molecule has 1 aromatic rings. The Morgan fingerprint density at radius 3 is 2.55 bits per heavy atom. The normalized spacial score (nSPS) is 18.0. The van der Waals surface area contributed by atoms with Crippen molar-refractivity contribution >= 4 is 0 Å². The highest BCUT2D eigenvalue weighted by molar-refractivity contribution is 5.41. The van der Waals surface area contributed by atoms with Gasteiger partial charge in [-0.15, -0.1) is 0 Å². The van der Waals surface area contributed by atoms with E-state index in [4.69, 9.17) is 4.74 Å². The molecule has 1 aromatic carbocycles. The molecule has 2 rings (SSSR count). The molecule has 112 valence electrons. The summed E-state index contributed by atoms with van der Waals surface area (Å²) in [6.07, 6.45) is 3.42. The molecule has 1 aliphatic rings. The Morgan fingerprint density at radius 1 is 1.15 bits per heavy atom. The predicted molar refractivity (Wildman–Crippen MR) is 82.4 cm³/mol. The second-order valence-electron chi connectivity index (χ2n) is 6.03. The summed E-state index contributed by atoms with van der Waals surface area (Å²) >= 11 is 0. The van der Waals surface area contributed by atoms with Gasteiger partial charge in [0, 0.05) is 6.54 Å². The van der Waals surface area contributed by atoms with Gasteiger partial charge in [-0.3, -0.25) is 0 Å². The molecule has 0 aliphatic carbocycles. The van der Waals surface area contributed by atoms with Gasteiger partial charge >= 0.3 is 0 Å². The summed E-state index contributed by atoms with van der Waals surface area (Å²) in [5, 5.41) is 10.1. The topological polar surface area (TPSA) is 32.7 Å². The molecule has 0 unspecified atom stereocenters. The van der Waals surface area contributed by atoms with Crippen molar-refractivity contribution in [3.63, 3.8) is 0 Å². The molecular formula is C17H27NO2. The van der Waals surface area contributed by atoms with Crippen molar-refractivity contribution in [2.45, 2.75) is 46.1 Å². The first kappa shape index (κ1) is 15.3. The van der Waals surface area contributed by atoms with Gasteiger partial charge in [-0.2, -0.15) is 0 Å². The molecule has 0 bridgehead atoms. The van der Waals surface area contributed by atoms with Crippen LogP contribution < -0.4 is 4.74 Å². The summed E-state index contributed by atoms with van der Waals surface area (Å²) < 4.78 is 5.83. The summed E-state index contributed by atoms with van der Waals surface area (Å²) in [7, 11) is 0. The van der Waals surface area contributed by atoms with E-state index >= 15 is 0 Å². The van der Waals surface area contributed by atoms with Gasteiger partial charge in [-0.1, -0.05) is 12.5 Å². The lowest BCUT2D eigenvalue weighted by Crippen LogP contribution is -2.38. The third-order valence-electron chi connectivity index (χ3n) is 4.11. The average molecular weight is 277 g/mol. The zero-order chi connectivity index (χ0) is 14.5. The quantitative estimate of drug-likeness (QED) is 0.898. The number of benzene rings is 1. The van der Waals surface area contributed by atoms with Gasteiger partial charge in [-0.05, 0) is 69.5 Å². The number of β-amino-alcohol motifs (C(OH)–C–C–N with tert-alkyl or cyclic N) is 1. The van der Waals surface area contributed by atoms with Crippen LogP contribution >= 0.6 is 0 Å². The van der Waals surface area contributed by atoms with Crippen LogP contribution in [-0.2, 0) is 0 Å². The van der Waals surface area contributed by atoms with E-state index in [1.165, 1.54) is 36.0 Å². The summed E-state index contributed by atoms with van der Waals surface area (Å²) in [5.74, 6) is 0.903. The number of nitrogens with zero attached hydrogens (tertiary/aromatic N) is 1. The third kappa shape index (κ3) is 4.22. The summed E-state index contributed by atoms with van der Waals surface area (Å²) in [6.45, 7) is 9.56. The monoisotopic (exact) mass is 277 g/mol. The molecule has 1 fully saturated rings. The van der Waals surface area contributed by atoms with E-state index in [0.29, 0.717) is 6.61 Å². The van der Waals surface area contributed by atoms with E-state index in [1.807, 2.05) is 0 Å². The highest BCUT2D eigenvalue weighted by Gasteiger charge is 2.15. The predicted octanol–water partition coefficient (Wildman–Crippen LogP) is 2.84. The highest BCUT2D eigenvalue weighted by Crippen LogP contribution is 2.23. The number of aryl methyl sites for hydroxylation is 2. The van der Waals surface area contributed by atoms with E-state index in [1.54, 1.807) is 0 Å². The van der Waals surface area contributed by atoms with Crippen molar-refractivity contribution in [1.82, 2.24) is 4.90 Å². The van der Waals surface area contributed by atoms with E-state index < -0.39 is 6.10 Å². The molecule has 3 nitrogen and oxygen atoms in total. The molecule has 1 saturated heterocycles. The number of likely N-dealkylation sites (tertiary alicyclic amines) is 1. The minimum absolute atomic E-state index is 0.375. The molecule has 1 aliphatic heterocycles. The van der Waals surface area contributed by atoms with Crippen LogP contribution in [0.5, 0.6) is 5.75 Å². The maximum atomic E-state index is 10.1. The highest BCUT2D eigenvalue weighted by atomic mass is 16.5. The standard InChI is InChI=1S/C17H27NO2/c1-13-9-14(2)15(3)17(10-13)20-12-16(19)11-18-7-5-4-6-8-18/h9-10,16,19H,4-8,11-12H2,1-3H3/t16-/m1/s1. The SMILES string of the molecule is Cc1cc(C)c(C)c(OC[C@H](O)CN2CCCCC2)c1. The maximum absolute atomic E-state index is 10.1. The number of rotatable bonds is 5. The van der Waals surface area contributed by atoms with Crippen molar-refractivity contribution in [1.29, 1.82) is 0 Å². The van der Waals surface area contributed by atoms with Crippen molar-refractivity contribution in [2.75, 3.05) is 26.2 Å². The lowest BCUT2D eigenvalue weighted by Gasteiger charge is -2.28. The molecule has 0 amide bonds. The van der Waals surface area contributed by atoms with Gasteiger partial charge in [0.1, 0.15) is 18.5 Å². The Bertz CT molecular complexity index is 439. The van der Waals surface area contributed by atoms with Crippen LogP contribution in [0.3, 0.4) is 0 Å². The molecule has 0 saturated carbocycles. The first-order valence-electron chi connectivity index (χ1n) is 7.67. The minimum Gasteiger partial charge on any atom is -0.491 e. The van der Waals surface area contributed by atoms with Gasteiger partial charge < -0.3 is 14.7 Å². The van der Waals surface area contributed by atoms with Gasteiger partial charge in [0.05, 0.1) is 0 Å². The molecule has 1 N–H and O–H groups in total. The zero-order valence-electron chi connectivity index (χ0n) is 13.0. The van der Waals surface area contributed by atoms with Gasteiger partial charge in [0.25, 0.3) is 0 Å². The lowest BCUT2D eigenvalue weighted by molar-refractivity contribution is 0.0615. The van der Waals surface area contributed by atoms with E-state index in [9.17, 15) is 5.11 Å². The molecule has 1 heterocycles. The summed E-state index contributed by atoms with van der Waals surface area (Å²) in [6, 6.07) is 4.21. The van der Waals surface area contributed by atoms with Gasteiger partial charge in [-0.25, -0.2) is 0 Å².